The molecule has 62 valence electrons. The topological polar surface area (TPSA) is 40.5 Å². The van der Waals surface area contributed by atoms with Gasteiger partial charge in [0.25, 0.3) is 0 Å². The smallest absolute Gasteiger partial charge is 0.0618 e. The van der Waals surface area contributed by atoms with Crippen molar-refractivity contribution in [2.24, 2.45) is 5.92 Å². The van der Waals surface area contributed by atoms with Gasteiger partial charge in [0.15, 0.2) is 0 Å². The molecule has 0 amide bonds. The SMILES string of the molecule is CC(O)CC(C)C(C)(C)O. The summed E-state index contributed by atoms with van der Waals surface area (Å²) in [4.78, 5) is 0. The van der Waals surface area contributed by atoms with Gasteiger partial charge in [-0.25, -0.2) is 0 Å². The van der Waals surface area contributed by atoms with Crippen LogP contribution in [0, 0.1) is 5.92 Å². The van der Waals surface area contributed by atoms with E-state index in [1.165, 1.54) is 0 Å². The van der Waals surface area contributed by atoms with Crippen molar-refractivity contribution in [1.82, 2.24) is 0 Å². The first-order valence-electron chi connectivity index (χ1n) is 3.74. The Hall–Kier alpha value is -0.0800. The Morgan fingerprint density at radius 1 is 1.30 bits per heavy atom. The molecule has 2 heteroatoms. The second-order valence-corrected chi connectivity index (χ2v) is 3.64. The van der Waals surface area contributed by atoms with E-state index >= 15 is 0 Å². The minimum Gasteiger partial charge on any atom is -0.393 e. The van der Waals surface area contributed by atoms with Crippen LogP contribution >= 0.6 is 0 Å². The van der Waals surface area contributed by atoms with Gasteiger partial charge < -0.3 is 10.2 Å². The molecule has 0 aromatic rings. The van der Waals surface area contributed by atoms with Crippen molar-refractivity contribution in [3.8, 4) is 0 Å². The van der Waals surface area contributed by atoms with Crippen LogP contribution in [0.25, 0.3) is 0 Å². The van der Waals surface area contributed by atoms with Crippen LogP contribution in [0.5, 0.6) is 0 Å². The molecule has 0 radical (unpaired) electrons. The predicted molar refractivity (Wildman–Crippen MR) is 41.8 cm³/mol. The van der Waals surface area contributed by atoms with Gasteiger partial charge in [0, 0.05) is 0 Å². The first kappa shape index (κ1) is 9.92. The zero-order valence-electron chi connectivity index (χ0n) is 7.26. The van der Waals surface area contributed by atoms with Crippen LogP contribution in [0.15, 0.2) is 0 Å². The Kier molecular flexibility index (Phi) is 3.33. The van der Waals surface area contributed by atoms with Crippen molar-refractivity contribution < 1.29 is 10.2 Å². The van der Waals surface area contributed by atoms with Gasteiger partial charge in [-0.1, -0.05) is 6.92 Å². The summed E-state index contributed by atoms with van der Waals surface area (Å²) in [5, 5.41) is 18.4. The second-order valence-electron chi connectivity index (χ2n) is 3.64. The quantitative estimate of drug-likeness (QED) is 0.627. The molecule has 2 unspecified atom stereocenters. The predicted octanol–water partition coefficient (Wildman–Crippen LogP) is 1.16. The first-order chi connectivity index (χ1) is 4.34. The summed E-state index contributed by atoms with van der Waals surface area (Å²) in [7, 11) is 0. The van der Waals surface area contributed by atoms with Crippen molar-refractivity contribution in [2.75, 3.05) is 0 Å². The van der Waals surface area contributed by atoms with Gasteiger partial charge in [-0.05, 0) is 33.1 Å². The van der Waals surface area contributed by atoms with E-state index in [2.05, 4.69) is 0 Å². The average molecular weight is 146 g/mol. The molecule has 0 bridgehead atoms. The minimum absolute atomic E-state index is 0.146. The van der Waals surface area contributed by atoms with E-state index in [-0.39, 0.29) is 12.0 Å². The van der Waals surface area contributed by atoms with Crippen molar-refractivity contribution in [1.29, 1.82) is 0 Å². The van der Waals surface area contributed by atoms with Crippen LogP contribution in [0.1, 0.15) is 34.1 Å². The highest BCUT2D eigenvalue weighted by atomic mass is 16.3. The minimum atomic E-state index is -0.670. The maximum absolute atomic E-state index is 9.42. The molecule has 0 aliphatic heterocycles. The number of hydrogen-bond acceptors (Lipinski definition) is 2. The lowest BCUT2D eigenvalue weighted by molar-refractivity contribution is 0.00340. The van der Waals surface area contributed by atoms with Crippen molar-refractivity contribution in [3.63, 3.8) is 0 Å². The molecule has 0 aromatic carbocycles. The molecule has 0 heterocycles. The van der Waals surface area contributed by atoms with Crippen molar-refractivity contribution in [2.45, 2.75) is 45.8 Å². The summed E-state index contributed by atoms with van der Waals surface area (Å²) in [6.45, 7) is 7.20. The molecule has 2 N–H and O–H groups in total. The van der Waals surface area contributed by atoms with E-state index in [1.54, 1.807) is 20.8 Å². The lowest BCUT2D eigenvalue weighted by Gasteiger charge is -2.26. The Labute approximate surface area is 62.9 Å². The van der Waals surface area contributed by atoms with Gasteiger partial charge in [0.2, 0.25) is 0 Å². The molecule has 2 atom stereocenters. The summed E-state index contributed by atoms with van der Waals surface area (Å²) >= 11 is 0. The van der Waals surface area contributed by atoms with E-state index < -0.39 is 5.60 Å². The number of aliphatic hydroxyl groups excluding tert-OH is 1. The summed E-state index contributed by atoms with van der Waals surface area (Å²) in [5.74, 6) is 0.146. The van der Waals surface area contributed by atoms with Crippen LogP contribution in [0.3, 0.4) is 0 Å². The summed E-state index contributed by atoms with van der Waals surface area (Å²) in [6, 6.07) is 0. The molecule has 0 saturated carbocycles. The Balaban J connectivity index is 3.73. The number of hydrogen-bond donors (Lipinski definition) is 2. The number of rotatable bonds is 3. The zero-order chi connectivity index (χ0) is 8.36. The average Bonchev–Trinajstić information content (AvgIpc) is 1.60. The van der Waals surface area contributed by atoms with Gasteiger partial charge in [-0.3, -0.25) is 0 Å². The summed E-state index contributed by atoms with van der Waals surface area (Å²) < 4.78 is 0. The fourth-order valence-electron chi connectivity index (χ4n) is 0.800. The van der Waals surface area contributed by atoms with E-state index in [0.717, 1.165) is 0 Å². The first-order valence-corrected chi connectivity index (χ1v) is 3.74. The van der Waals surface area contributed by atoms with E-state index in [9.17, 15) is 5.11 Å². The van der Waals surface area contributed by atoms with Crippen LogP contribution in [-0.4, -0.2) is 21.9 Å². The van der Waals surface area contributed by atoms with E-state index in [0.29, 0.717) is 6.42 Å². The maximum atomic E-state index is 9.42. The fraction of sp³-hybridized carbons (Fsp3) is 1.00. The molecule has 10 heavy (non-hydrogen) atoms. The lowest BCUT2D eigenvalue weighted by atomic mass is 9.88. The van der Waals surface area contributed by atoms with Gasteiger partial charge in [0.05, 0.1) is 11.7 Å². The van der Waals surface area contributed by atoms with E-state index in [1.807, 2.05) is 6.92 Å². The van der Waals surface area contributed by atoms with Crippen LogP contribution in [0.4, 0.5) is 0 Å². The molecule has 0 saturated heterocycles. The number of aliphatic hydroxyl groups is 2. The molecule has 0 aliphatic carbocycles. The molecule has 2 nitrogen and oxygen atoms in total. The highest BCUT2D eigenvalue weighted by Crippen LogP contribution is 2.20. The van der Waals surface area contributed by atoms with E-state index in [4.69, 9.17) is 5.11 Å². The maximum Gasteiger partial charge on any atom is 0.0618 e. The van der Waals surface area contributed by atoms with Gasteiger partial charge in [-0.2, -0.15) is 0 Å². The van der Waals surface area contributed by atoms with Crippen LogP contribution in [0.2, 0.25) is 0 Å². The van der Waals surface area contributed by atoms with Crippen molar-refractivity contribution in [3.05, 3.63) is 0 Å². The van der Waals surface area contributed by atoms with Crippen LogP contribution < -0.4 is 0 Å². The largest absolute Gasteiger partial charge is 0.393 e. The molecule has 0 aromatic heterocycles. The molecular formula is C8H18O2. The Morgan fingerprint density at radius 3 is 1.80 bits per heavy atom. The van der Waals surface area contributed by atoms with Crippen molar-refractivity contribution >= 4 is 0 Å². The molecular weight excluding hydrogens is 128 g/mol. The summed E-state index contributed by atoms with van der Waals surface area (Å²) in [6.07, 6.45) is 0.338. The van der Waals surface area contributed by atoms with Gasteiger partial charge in [-0.15, -0.1) is 0 Å². The normalized spacial score (nSPS) is 18.6. The van der Waals surface area contributed by atoms with Gasteiger partial charge in [0.1, 0.15) is 0 Å². The standard InChI is InChI=1S/C8H18O2/c1-6(5-7(2)9)8(3,4)10/h6-7,9-10H,5H2,1-4H3. The highest BCUT2D eigenvalue weighted by Gasteiger charge is 2.22. The van der Waals surface area contributed by atoms with Gasteiger partial charge >= 0.3 is 0 Å². The third-order valence-electron chi connectivity index (χ3n) is 1.90. The Morgan fingerprint density at radius 2 is 1.70 bits per heavy atom. The van der Waals surface area contributed by atoms with Crippen LogP contribution in [-0.2, 0) is 0 Å². The second kappa shape index (κ2) is 3.35. The highest BCUT2D eigenvalue weighted by molar-refractivity contribution is 4.74. The Bertz CT molecular complexity index is 91.9. The summed E-state index contributed by atoms with van der Waals surface area (Å²) in [5.41, 5.74) is -0.670. The third-order valence-corrected chi connectivity index (χ3v) is 1.90. The molecule has 0 fully saturated rings. The fourth-order valence-corrected chi connectivity index (χ4v) is 0.800. The third kappa shape index (κ3) is 3.85. The lowest BCUT2D eigenvalue weighted by Crippen LogP contribution is -2.30. The molecule has 0 spiro atoms. The molecule has 0 rings (SSSR count). The monoisotopic (exact) mass is 146 g/mol. The molecule has 0 aliphatic rings. The zero-order valence-corrected chi connectivity index (χ0v) is 7.26.